The summed E-state index contributed by atoms with van der Waals surface area (Å²) < 4.78 is 0. The van der Waals surface area contributed by atoms with Gasteiger partial charge in [-0.1, -0.05) is 41.6 Å². The standard InChI is InChI=1S/C17H14ClN5OS/c18-12-3-1-2-10(6-12)8-19-17-23-22-15(9-25-17)11-4-5-13-14(7-11)21-16(24)20-13/h1-7H,8-9H2,(H,19,23)(H2,20,21,24). The third-order valence-corrected chi connectivity index (χ3v) is 4.92. The molecule has 0 aliphatic carbocycles. The van der Waals surface area contributed by atoms with Crippen LogP contribution in [0.1, 0.15) is 11.1 Å². The van der Waals surface area contributed by atoms with E-state index in [0.717, 1.165) is 33.0 Å². The van der Waals surface area contributed by atoms with Crippen molar-refractivity contribution in [3.8, 4) is 0 Å². The lowest BCUT2D eigenvalue weighted by Crippen LogP contribution is -2.25. The number of benzene rings is 2. The lowest BCUT2D eigenvalue weighted by Gasteiger charge is -2.15. The van der Waals surface area contributed by atoms with Crippen molar-refractivity contribution in [3.63, 3.8) is 0 Å². The van der Waals surface area contributed by atoms with E-state index < -0.39 is 0 Å². The van der Waals surface area contributed by atoms with E-state index in [4.69, 9.17) is 11.6 Å². The highest BCUT2D eigenvalue weighted by molar-refractivity contribution is 8.14. The molecule has 8 heteroatoms. The number of imidazole rings is 1. The van der Waals surface area contributed by atoms with Gasteiger partial charge in [0, 0.05) is 16.3 Å². The molecule has 1 aliphatic rings. The molecule has 0 radical (unpaired) electrons. The normalized spacial score (nSPS) is 16.0. The number of aliphatic imine (C=N–C) groups is 1. The third kappa shape index (κ3) is 3.62. The summed E-state index contributed by atoms with van der Waals surface area (Å²) in [5, 5.41) is 5.90. The van der Waals surface area contributed by atoms with Gasteiger partial charge < -0.3 is 9.97 Å². The zero-order chi connectivity index (χ0) is 17.2. The molecule has 0 atom stereocenters. The van der Waals surface area contributed by atoms with Gasteiger partial charge in [0.25, 0.3) is 0 Å². The Bertz CT molecular complexity index is 1050. The number of hydrazone groups is 1. The Morgan fingerprint density at radius 3 is 2.84 bits per heavy atom. The van der Waals surface area contributed by atoms with E-state index in [1.807, 2.05) is 42.5 Å². The van der Waals surface area contributed by atoms with Gasteiger partial charge in [-0.25, -0.2) is 4.79 Å². The molecular formula is C17H14ClN5OS. The van der Waals surface area contributed by atoms with Crippen molar-refractivity contribution < 1.29 is 0 Å². The van der Waals surface area contributed by atoms with E-state index >= 15 is 0 Å². The van der Waals surface area contributed by atoms with Gasteiger partial charge in [0.15, 0.2) is 5.17 Å². The first-order valence-electron chi connectivity index (χ1n) is 7.64. The van der Waals surface area contributed by atoms with Crippen LogP contribution >= 0.6 is 23.4 Å². The summed E-state index contributed by atoms with van der Waals surface area (Å²) >= 11 is 7.58. The number of aromatic amines is 2. The maximum atomic E-state index is 11.3. The summed E-state index contributed by atoms with van der Waals surface area (Å²) in [5.74, 6) is 0.710. The summed E-state index contributed by atoms with van der Waals surface area (Å²) in [6, 6.07) is 13.4. The Morgan fingerprint density at radius 2 is 2.04 bits per heavy atom. The molecule has 0 saturated heterocycles. The van der Waals surface area contributed by atoms with Crippen molar-refractivity contribution in [3.05, 3.63) is 69.1 Å². The van der Waals surface area contributed by atoms with Crippen molar-refractivity contribution in [1.82, 2.24) is 15.4 Å². The first kappa shape index (κ1) is 16.0. The second-order valence-corrected chi connectivity index (χ2v) is 6.95. The summed E-state index contributed by atoms with van der Waals surface area (Å²) in [5.41, 5.74) is 7.28. The lowest BCUT2D eigenvalue weighted by atomic mass is 10.1. The Balaban J connectivity index is 1.49. The van der Waals surface area contributed by atoms with Crippen LogP contribution in [0.3, 0.4) is 0 Å². The van der Waals surface area contributed by atoms with Crippen LogP contribution in [0.2, 0.25) is 5.02 Å². The molecule has 2 aromatic carbocycles. The molecule has 3 N–H and O–H groups in total. The summed E-state index contributed by atoms with van der Waals surface area (Å²) in [4.78, 5) is 21.4. The highest BCUT2D eigenvalue weighted by Gasteiger charge is 2.13. The molecule has 6 nitrogen and oxygen atoms in total. The van der Waals surface area contributed by atoms with Crippen LogP contribution in [0.15, 0.2) is 57.4 Å². The number of nitrogens with one attached hydrogen (secondary N) is 3. The molecule has 1 aliphatic heterocycles. The highest BCUT2D eigenvalue weighted by atomic mass is 35.5. The first-order valence-corrected chi connectivity index (χ1v) is 9.00. The van der Waals surface area contributed by atoms with E-state index in [1.54, 1.807) is 11.8 Å². The van der Waals surface area contributed by atoms with Crippen LogP contribution in [0.4, 0.5) is 0 Å². The summed E-state index contributed by atoms with van der Waals surface area (Å²) in [6.45, 7) is 0.553. The van der Waals surface area contributed by atoms with Crippen LogP contribution in [-0.2, 0) is 6.54 Å². The van der Waals surface area contributed by atoms with Gasteiger partial charge in [-0.2, -0.15) is 5.10 Å². The van der Waals surface area contributed by atoms with Gasteiger partial charge >= 0.3 is 5.69 Å². The molecule has 0 saturated carbocycles. The maximum Gasteiger partial charge on any atom is 0.323 e. The van der Waals surface area contributed by atoms with Crippen molar-refractivity contribution in [2.75, 3.05) is 5.75 Å². The molecule has 0 bridgehead atoms. The molecule has 25 heavy (non-hydrogen) atoms. The maximum absolute atomic E-state index is 11.3. The van der Waals surface area contributed by atoms with Crippen molar-refractivity contribution in [1.29, 1.82) is 0 Å². The van der Waals surface area contributed by atoms with Gasteiger partial charge in [0.2, 0.25) is 0 Å². The van der Waals surface area contributed by atoms with E-state index in [-0.39, 0.29) is 5.69 Å². The van der Waals surface area contributed by atoms with E-state index in [9.17, 15) is 4.79 Å². The molecule has 0 spiro atoms. The van der Waals surface area contributed by atoms with Crippen LogP contribution in [-0.4, -0.2) is 26.6 Å². The number of halogens is 1. The summed E-state index contributed by atoms with van der Waals surface area (Å²) in [7, 11) is 0. The van der Waals surface area contributed by atoms with Gasteiger partial charge in [-0.3, -0.25) is 10.4 Å². The fraction of sp³-hybridized carbons (Fsp3) is 0.118. The monoisotopic (exact) mass is 371 g/mol. The first-order chi connectivity index (χ1) is 12.2. The van der Waals surface area contributed by atoms with Crippen LogP contribution < -0.4 is 11.1 Å². The van der Waals surface area contributed by atoms with Crippen LogP contribution in [0.5, 0.6) is 0 Å². The number of nitrogens with zero attached hydrogens (tertiary/aromatic N) is 2. The van der Waals surface area contributed by atoms with Crippen molar-refractivity contribution >= 4 is 45.3 Å². The number of thioether (sulfide) groups is 1. The molecule has 0 amide bonds. The largest absolute Gasteiger partial charge is 0.323 e. The topological polar surface area (TPSA) is 85.4 Å². The van der Waals surface area contributed by atoms with Gasteiger partial charge in [-0.15, -0.1) is 0 Å². The smallest absolute Gasteiger partial charge is 0.306 e. The minimum absolute atomic E-state index is 0.208. The minimum atomic E-state index is -0.208. The number of fused-ring (bicyclic) bond motifs is 1. The molecule has 126 valence electrons. The second-order valence-electron chi connectivity index (χ2n) is 5.55. The number of hydrogen-bond donors (Lipinski definition) is 3. The number of amidine groups is 1. The zero-order valence-corrected chi connectivity index (χ0v) is 14.6. The predicted molar refractivity (Wildman–Crippen MR) is 104 cm³/mol. The quantitative estimate of drug-likeness (QED) is 0.661. The van der Waals surface area contributed by atoms with E-state index in [0.29, 0.717) is 17.3 Å². The van der Waals surface area contributed by atoms with Crippen molar-refractivity contribution in [2.24, 2.45) is 10.1 Å². The van der Waals surface area contributed by atoms with Gasteiger partial charge in [-0.05, 0) is 29.8 Å². The lowest BCUT2D eigenvalue weighted by molar-refractivity contribution is 0.987. The Labute approximate surface area is 152 Å². The number of hydrogen-bond acceptors (Lipinski definition) is 4. The zero-order valence-electron chi connectivity index (χ0n) is 13.0. The third-order valence-electron chi connectivity index (χ3n) is 3.78. The molecule has 2 heterocycles. The molecule has 4 rings (SSSR count). The highest BCUT2D eigenvalue weighted by Crippen LogP contribution is 2.18. The SMILES string of the molecule is O=c1[nH]c2ccc(C3=NNC(=NCc4cccc(Cl)c4)SC3)cc2[nH]1. The fourth-order valence-corrected chi connectivity index (χ4v) is 3.54. The van der Waals surface area contributed by atoms with Crippen molar-refractivity contribution in [2.45, 2.75) is 6.54 Å². The molecule has 0 unspecified atom stereocenters. The van der Waals surface area contributed by atoms with Crippen LogP contribution in [0.25, 0.3) is 11.0 Å². The Hall–Kier alpha value is -2.51. The Morgan fingerprint density at radius 1 is 1.16 bits per heavy atom. The van der Waals surface area contributed by atoms with Gasteiger partial charge in [0.05, 0.1) is 23.3 Å². The Kier molecular flexibility index (Phi) is 4.33. The number of rotatable bonds is 3. The molecule has 0 fully saturated rings. The van der Waals surface area contributed by atoms with Crippen LogP contribution in [0, 0.1) is 0 Å². The summed E-state index contributed by atoms with van der Waals surface area (Å²) in [6.07, 6.45) is 0. The number of H-pyrrole nitrogens is 2. The average Bonchev–Trinajstić information content (AvgIpc) is 2.99. The predicted octanol–water partition coefficient (Wildman–Crippen LogP) is 3.11. The molecular weight excluding hydrogens is 358 g/mol. The molecule has 1 aromatic heterocycles. The average molecular weight is 372 g/mol. The van der Waals surface area contributed by atoms with E-state index in [2.05, 4.69) is 25.5 Å². The fourth-order valence-electron chi connectivity index (χ4n) is 2.56. The second kappa shape index (κ2) is 6.78. The minimum Gasteiger partial charge on any atom is -0.306 e. The van der Waals surface area contributed by atoms with Gasteiger partial charge in [0.1, 0.15) is 0 Å². The molecule has 3 aromatic rings. The number of aromatic nitrogens is 2. The van der Waals surface area contributed by atoms with E-state index in [1.165, 1.54) is 0 Å².